The molecule has 1 atom stereocenters. The van der Waals surface area contributed by atoms with Crippen LogP contribution < -0.4 is 10.2 Å². The van der Waals surface area contributed by atoms with Crippen LogP contribution in [0.15, 0.2) is 28.9 Å². The predicted molar refractivity (Wildman–Crippen MR) is 94.2 cm³/mol. The smallest absolute Gasteiger partial charge is 0.414 e. The maximum atomic E-state index is 14.6. The van der Waals surface area contributed by atoms with Gasteiger partial charge in [-0.05, 0) is 25.1 Å². The first-order valence-corrected chi connectivity index (χ1v) is 8.54. The van der Waals surface area contributed by atoms with Crippen molar-refractivity contribution in [2.75, 3.05) is 24.6 Å². The van der Waals surface area contributed by atoms with Gasteiger partial charge in [-0.1, -0.05) is 0 Å². The molecule has 1 aliphatic rings. The first-order valence-electron chi connectivity index (χ1n) is 8.54. The summed E-state index contributed by atoms with van der Waals surface area (Å²) in [4.78, 5) is 39.8. The van der Waals surface area contributed by atoms with Crippen LogP contribution in [0, 0.1) is 5.82 Å². The van der Waals surface area contributed by atoms with E-state index in [1.807, 2.05) is 0 Å². The molecule has 0 bridgehead atoms. The number of hydrogen-bond donors (Lipinski definition) is 1. The first kappa shape index (κ1) is 19.3. The van der Waals surface area contributed by atoms with Crippen molar-refractivity contribution in [3.05, 3.63) is 36.0 Å². The first-order chi connectivity index (χ1) is 13.4. The van der Waals surface area contributed by atoms with E-state index in [0.717, 1.165) is 12.3 Å². The number of cyclic esters (lactones) is 1. The summed E-state index contributed by atoms with van der Waals surface area (Å²) in [5.74, 6) is -1.68. The topological polar surface area (TPSA) is 111 Å². The molecule has 0 saturated carbocycles. The number of aromatic nitrogens is 1. The largest absolute Gasteiger partial charge is 0.461 e. The number of esters is 1. The molecule has 28 heavy (non-hydrogen) atoms. The number of rotatable bonds is 6. The number of nitrogens with zero attached hydrogens (tertiary/aromatic N) is 2. The van der Waals surface area contributed by atoms with Crippen LogP contribution in [0.2, 0.25) is 0 Å². The van der Waals surface area contributed by atoms with Crippen molar-refractivity contribution in [2.45, 2.75) is 20.0 Å². The number of halogens is 1. The van der Waals surface area contributed by atoms with Gasteiger partial charge in [-0.25, -0.2) is 19.0 Å². The van der Waals surface area contributed by atoms with E-state index in [2.05, 4.69) is 10.3 Å². The summed E-state index contributed by atoms with van der Waals surface area (Å²) in [7, 11) is 0. The summed E-state index contributed by atoms with van der Waals surface area (Å²) in [5, 5.41) is 2.57. The average Bonchev–Trinajstić information content (AvgIpc) is 3.27. The Hall–Kier alpha value is -3.43. The van der Waals surface area contributed by atoms with Crippen LogP contribution in [0.25, 0.3) is 11.5 Å². The molecule has 1 aromatic heterocycles. The van der Waals surface area contributed by atoms with Crippen molar-refractivity contribution in [3.63, 3.8) is 0 Å². The van der Waals surface area contributed by atoms with Gasteiger partial charge in [0.1, 0.15) is 18.2 Å². The molecule has 0 radical (unpaired) electrons. The van der Waals surface area contributed by atoms with Gasteiger partial charge in [0.05, 0.1) is 30.9 Å². The maximum absolute atomic E-state index is 14.6. The highest BCUT2D eigenvalue weighted by molar-refractivity contribution is 5.90. The van der Waals surface area contributed by atoms with E-state index in [0.29, 0.717) is 0 Å². The molecule has 2 amide bonds. The third-order valence-corrected chi connectivity index (χ3v) is 3.94. The van der Waals surface area contributed by atoms with Gasteiger partial charge in [0, 0.05) is 6.92 Å². The van der Waals surface area contributed by atoms with E-state index < -0.39 is 24.0 Å². The minimum atomic E-state index is -0.687. The summed E-state index contributed by atoms with van der Waals surface area (Å²) >= 11 is 0. The minimum absolute atomic E-state index is 0.0293. The molecule has 1 aromatic carbocycles. The van der Waals surface area contributed by atoms with Gasteiger partial charge in [-0.3, -0.25) is 9.69 Å². The Bertz CT molecular complexity index is 912. The lowest BCUT2D eigenvalue weighted by atomic mass is 10.1. The van der Waals surface area contributed by atoms with Gasteiger partial charge >= 0.3 is 12.1 Å². The van der Waals surface area contributed by atoms with Gasteiger partial charge in [0.25, 0.3) is 0 Å². The molecule has 10 heteroatoms. The zero-order valence-corrected chi connectivity index (χ0v) is 15.2. The summed E-state index contributed by atoms with van der Waals surface area (Å²) in [6, 6.07) is 4.04. The molecule has 1 unspecified atom stereocenters. The second-order valence-corrected chi connectivity index (χ2v) is 5.98. The van der Waals surface area contributed by atoms with Gasteiger partial charge in [-0.15, -0.1) is 0 Å². The number of amides is 2. The zero-order valence-electron chi connectivity index (χ0n) is 15.2. The number of carbonyl (C=O) groups is 3. The Labute approximate surface area is 159 Å². The molecule has 1 saturated heterocycles. The number of oxazole rings is 1. The van der Waals surface area contributed by atoms with Crippen LogP contribution in [-0.4, -0.2) is 48.8 Å². The highest BCUT2D eigenvalue weighted by Crippen LogP contribution is 2.28. The Morgan fingerprint density at radius 3 is 2.89 bits per heavy atom. The number of hydrogen-bond acceptors (Lipinski definition) is 7. The van der Waals surface area contributed by atoms with Gasteiger partial charge < -0.3 is 19.2 Å². The highest BCUT2D eigenvalue weighted by atomic mass is 19.1. The van der Waals surface area contributed by atoms with Crippen LogP contribution >= 0.6 is 0 Å². The molecule has 3 rings (SSSR count). The van der Waals surface area contributed by atoms with E-state index in [9.17, 15) is 18.8 Å². The van der Waals surface area contributed by atoms with Crippen molar-refractivity contribution in [2.24, 2.45) is 0 Å². The fourth-order valence-electron chi connectivity index (χ4n) is 2.64. The SMILES string of the molecule is CCOC(=O)c1coc(-c2ccc(N3CC(CNC(C)=O)OC3=O)cc2F)n1. The quantitative estimate of drug-likeness (QED) is 0.751. The third kappa shape index (κ3) is 4.11. The summed E-state index contributed by atoms with van der Waals surface area (Å²) < 4.78 is 29.7. The van der Waals surface area contributed by atoms with Crippen LogP contribution in [-0.2, 0) is 14.3 Å². The fourth-order valence-corrected chi connectivity index (χ4v) is 2.64. The van der Waals surface area contributed by atoms with E-state index in [1.54, 1.807) is 6.92 Å². The average molecular weight is 391 g/mol. The van der Waals surface area contributed by atoms with Gasteiger partial charge in [0.15, 0.2) is 5.69 Å². The van der Waals surface area contributed by atoms with Crippen molar-refractivity contribution in [3.8, 4) is 11.5 Å². The lowest BCUT2D eigenvalue weighted by Gasteiger charge is -2.13. The van der Waals surface area contributed by atoms with Gasteiger partial charge in [0.2, 0.25) is 11.8 Å². The monoisotopic (exact) mass is 391 g/mol. The van der Waals surface area contributed by atoms with Crippen LogP contribution in [0.5, 0.6) is 0 Å². The van der Waals surface area contributed by atoms with E-state index >= 15 is 0 Å². The number of benzene rings is 1. The van der Waals surface area contributed by atoms with E-state index in [-0.39, 0.29) is 48.4 Å². The molecule has 1 fully saturated rings. The number of ether oxygens (including phenoxy) is 2. The predicted octanol–water partition coefficient (Wildman–Crippen LogP) is 2.12. The van der Waals surface area contributed by atoms with Crippen molar-refractivity contribution >= 4 is 23.7 Å². The number of nitrogens with one attached hydrogen (secondary N) is 1. The molecule has 0 spiro atoms. The summed E-state index contributed by atoms with van der Waals surface area (Å²) in [5.41, 5.74) is 0.250. The highest BCUT2D eigenvalue weighted by Gasteiger charge is 2.33. The molecule has 0 aliphatic carbocycles. The minimum Gasteiger partial charge on any atom is -0.461 e. The van der Waals surface area contributed by atoms with Crippen LogP contribution in [0.4, 0.5) is 14.9 Å². The van der Waals surface area contributed by atoms with Gasteiger partial charge in [-0.2, -0.15) is 0 Å². The van der Waals surface area contributed by atoms with Crippen molar-refractivity contribution in [1.29, 1.82) is 0 Å². The standard InChI is InChI=1S/C18H18FN3O6/c1-3-26-17(24)15-9-27-16(21-15)13-5-4-11(6-14(13)19)22-8-12(28-18(22)25)7-20-10(2)23/h4-6,9,12H,3,7-8H2,1-2H3,(H,20,23). The molecule has 148 valence electrons. The van der Waals surface area contributed by atoms with Crippen LogP contribution in [0.1, 0.15) is 24.3 Å². The summed E-state index contributed by atoms with van der Waals surface area (Å²) in [6.07, 6.45) is -0.0771. The summed E-state index contributed by atoms with van der Waals surface area (Å²) in [6.45, 7) is 3.54. The van der Waals surface area contributed by atoms with E-state index in [1.165, 1.54) is 24.0 Å². The Balaban J connectivity index is 1.75. The second-order valence-electron chi connectivity index (χ2n) is 5.98. The molecule has 2 heterocycles. The normalized spacial score (nSPS) is 16.0. The maximum Gasteiger partial charge on any atom is 0.414 e. The lowest BCUT2D eigenvalue weighted by molar-refractivity contribution is -0.119. The molecular weight excluding hydrogens is 373 g/mol. The Morgan fingerprint density at radius 1 is 1.43 bits per heavy atom. The fraction of sp³-hybridized carbons (Fsp3) is 0.333. The molecule has 2 aromatic rings. The number of anilines is 1. The Morgan fingerprint density at radius 2 is 2.21 bits per heavy atom. The van der Waals surface area contributed by atoms with Crippen molar-refractivity contribution in [1.82, 2.24) is 10.3 Å². The molecular formula is C18H18FN3O6. The number of carbonyl (C=O) groups excluding carboxylic acids is 3. The second kappa shape index (κ2) is 8.07. The van der Waals surface area contributed by atoms with Crippen molar-refractivity contribution < 1.29 is 32.7 Å². The third-order valence-electron chi connectivity index (χ3n) is 3.94. The Kier molecular flexibility index (Phi) is 5.57. The molecule has 1 N–H and O–H groups in total. The lowest BCUT2D eigenvalue weighted by Crippen LogP contribution is -2.33. The molecule has 1 aliphatic heterocycles. The van der Waals surface area contributed by atoms with Crippen LogP contribution in [0.3, 0.4) is 0 Å². The zero-order chi connectivity index (χ0) is 20.3. The molecule has 9 nitrogen and oxygen atoms in total. The van der Waals surface area contributed by atoms with E-state index in [4.69, 9.17) is 13.9 Å².